The summed E-state index contributed by atoms with van der Waals surface area (Å²) in [7, 11) is 0. The number of nitrogens with one attached hydrogen (secondary N) is 1. The molecule has 0 saturated carbocycles. The van der Waals surface area contributed by atoms with Crippen LogP contribution in [0.4, 0.5) is 0 Å². The van der Waals surface area contributed by atoms with Crippen LogP contribution >= 0.6 is 0 Å². The highest BCUT2D eigenvalue weighted by molar-refractivity contribution is 5.39. The molecule has 1 atom stereocenters. The van der Waals surface area contributed by atoms with Gasteiger partial charge in [-0.25, -0.2) is 4.63 Å². The second-order valence-electron chi connectivity index (χ2n) is 4.91. The van der Waals surface area contributed by atoms with Gasteiger partial charge in [0.25, 0.3) is 0 Å². The smallest absolute Gasteiger partial charge is 0.145 e. The molecule has 0 fully saturated rings. The fraction of sp³-hybridized carbons (Fsp3) is 0.467. The topological polar surface area (TPSA) is 60.2 Å². The van der Waals surface area contributed by atoms with Crippen LogP contribution in [0.5, 0.6) is 5.75 Å². The summed E-state index contributed by atoms with van der Waals surface area (Å²) in [5.74, 6) is 0.876. The molecule has 108 valence electrons. The van der Waals surface area contributed by atoms with E-state index < -0.39 is 0 Å². The molecule has 5 heteroatoms. The first-order chi connectivity index (χ1) is 9.61. The molecule has 1 N–H and O–H groups in total. The summed E-state index contributed by atoms with van der Waals surface area (Å²) >= 11 is 0. The zero-order chi connectivity index (χ0) is 14.5. The van der Waals surface area contributed by atoms with Crippen molar-refractivity contribution in [3.05, 3.63) is 40.7 Å². The first kappa shape index (κ1) is 14.5. The molecule has 2 aromatic rings. The quantitative estimate of drug-likeness (QED) is 0.878. The molecule has 1 aromatic heterocycles. The van der Waals surface area contributed by atoms with E-state index >= 15 is 0 Å². The van der Waals surface area contributed by atoms with Crippen molar-refractivity contribution in [2.45, 2.75) is 40.3 Å². The van der Waals surface area contributed by atoms with Crippen LogP contribution in [0.3, 0.4) is 0 Å². The first-order valence-corrected chi connectivity index (χ1v) is 6.86. The zero-order valence-corrected chi connectivity index (χ0v) is 12.4. The molecule has 1 unspecified atom stereocenters. The maximum Gasteiger partial charge on any atom is 0.145 e. The third-order valence-electron chi connectivity index (χ3n) is 3.26. The highest BCUT2D eigenvalue weighted by Gasteiger charge is 2.13. The molecule has 1 heterocycles. The monoisotopic (exact) mass is 275 g/mol. The summed E-state index contributed by atoms with van der Waals surface area (Å²) in [6.45, 7) is 9.41. The number of hydrogen-bond donors (Lipinski definition) is 1. The van der Waals surface area contributed by atoms with Gasteiger partial charge in [-0.05, 0) is 38.9 Å². The van der Waals surface area contributed by atoms with E-state index in [0.29, 0.717) is 6.61 Å². The third kappa shape index (κ3) is 3.36. The van der Waals surface area contributed by atoms with Gasteiger partial charge in [-0.3, -0.25) is 0 Å². The molecule has 0 bridgehead atoms. The Morgan fingerprint density at radius 1 is 1.30 bits per heavy atom. The first-order valence-electron chi connectivity index (χ1n) is 6.86. The van der Waals surface area contributed by atoms with Gasteiger partial charge in [-0.2, -0.15) is 0 Å². The summed E-state index contributed by atoms with van der Waals surface area (Å²) in [6, 6.07) is 6.49. The van der Waals surface area contributed by atoms with E-state index in [1.807, 2.05) is 13.0 Å². The van der Waals surface area contributed by atoms with Crippen LogP contribution in [-0.2, 0) is 6.61 Å². The highest BCUT2D eigenvalue weighted by atomic mass is 16.6. The van der Waals surface area contributed by atoms with Crippen molar-refractivity contribution < 1.29 is 9.37 Å². The molecule has 0 amide bonds. The standard InChI is InChI=1S/C15H21N3O2/c1-5-16-11(3)13-7-6-10(2)8-15(13)19-9-14-12(4)17-20-18-14/h6-8,11,16H,5,9H2,1-4H3. The SMILES string of the molecule is CCNC(C)c1ccc(C)cc1OCc1nonc1C. The lowest BCUT2D eigenvalue weighted by Crippen LogP contribution is -2.18. The predicted molar refractivity (Wildman–Crippen MR) is 76.6 cm³/mol. The van der Waals surface area contributed by atoms with E-state index in [9.17, 15) is 0 Å². The Balaban J connectivity index is 2.17. The van der Waals surface area contributed by atoms with E-state index in [1.165, 1.54) is 5.56 Å². The molecule has 20 heavy (non-hydrogen) atoms. The normalized spacial score (nSPS) is 12.4. The van der Waals surface area contributed by atoms with Crippen molar-refractivity contribution in [3.63, 3.8) is 0 Å². The van der Waals surface area contributed by atoms with Crippen LogP contribution in [0.1, 0.15) is 42.4 Å². The number of rotatable bonds is 6. The average molecular weight is 275 g/mol. The number of aryl methyl sites for hydroxylation is 2. The third-order valence-corrected chi connectivity index (χ3v) is 3.26. The number of ether oxygens (including phenoxy) is 1. The second-order valence-corrected chi connectivity index (χ2v) is 4.91. The van der Waals surface area contributed by atoms with Crippen molar-refractivity contribution in [3.8, 4) is 5.75 Å². The maximum atomic E-state index is 5.91. The average Bonchev–Trinajstić information content (AvgIpc) is 2.82. The molecule has 0 aliphatic heterocycles. The summed E-state index contributed by atoms with van der Waals surface area (Å²) in [6.07, 6.45) is 0. The molecule has 0 radical (unpaired) electrons. The molecule has 2 rings (SSSR count). The number of nitrogens with zero attached hydrogens (tertiary/aromatic N) is 2. The van der Waals surface area contributed by atoms with E-state index in [4.69, 9.17) is 4.74 Å². The molecule has 1 aromatic carbocycles. The van der Waals surface area contributed by atoms with Gasteiger partial charge in [0.2, 0.25) is 0 Å². The van der Waals surface area contributed by atoms with Gasteiger partial charge >= 0.3 is 0 Å². The van der Waals surface area contributed by atoms with Gasteiger partial charge < -0.3 is 10.1 Å². The van der Waals surface area contributed by atoms with Gasteiger partial charge in [0, 0.05) is 11.6 Å². The summed E-state index contributed by atoms with van der Waals surface area (Å²) in [5, 5.41) is 11.0. The van der Waals surface area contributed by atoms with E-state index in [1.54, 1.807) is 0 Å². The van der Waals surface area contributed by atoms with Gasteiger partial charge in [-0.1, -0.05) is 29.4 Å². The van der Waals surface area contributed by atoms with E-state index in [2.05, 4.69) is 53.2 Å². The van der Waals surface area contributed by atoms with Gasteiger partial charge in [0.15, 0.2) is 0 Å². The van der Waals surface area contributed by atoms with Crippen molar-refractivity contribution in [1.82, 2.24) is 15.6 Å². The minimum Gasteiger partial charge on any atom is -0.487 e. The van der Waals surface area contributed by atoms with Crippen LogP contribution in [0, 0.1) is 13.8 Å². The molecule has 0 aliphatic rings. The Bertz CT molecular complexity index is 566. The van der Waals surface area contributed by atoms with Crippen molar-refractivity contribution in [2.75, 3.05) is 6.54 Å². The molecule has 0 saturated heterocycles. The van der Waals surface area contributed by atoms with Gasteiger partial charge in [0.05, 0.1) is 0 Å². The van der Waals surface area contributed by atoms with Crippen molar-refractivity contribution in [2.24, 2.45) is 0 Å². The summed E-state index contributed by atoms with van der Waals surface area (Å²) in [5.41, 5.74) is 3.81. The van der Waals surface area contributed by atoms with Crippen LogP contribution in [0.25, 0.3) is 0 Å². The number of benzene rings is 1. The number of aromatic nitrogens is 2. The van der Waals surface area contributed by atoms with Crippen LogP contribution in [-0.4, -0.2) is 16.9 Å². The van der Waals surface area contributed by atoms with Crippen molar-refractivity contribution in [1.29, 1.82) is 0 Å². The highest BCUT2D eigenvalue weighted by Crippen LogP contribution is 2.27. The lowest BCUT2D eigenvalue weighted by atomic mass is 10.0. The molecule has 5 nitrogen and oxygen atoms in total. The Labute approximate surface area is 119 Å². The number of hydrogen-bond acceptors (Lipinski definition) is 5. The fourth-order valence-corrected chi connectivity index (χ4v) is 2.07. The van der Waals surface area contributed by atoms with E-state index in [0.717, 1.165) is 29.2 Å². The second kappa shape index (κ2) is 6.52. The lowest BCUT2D eigenvalue weighted by Gasteiger charge is -2.18. The minimum absolute atomic E-state index is 0.243. The van der Waals surface area contributed by atoms with Crippen LogP contribution < -0.4 is 10.1 Å². The van der Waals surface area contributed by atoms with Crippen molar-refractivity contribution >= 4 is 0 Å². The van der Waals surface area contributed by atoms with Gasteiger partial charge in [0.1, 0.15) is 23.7 Å². The molecule has 0 spiro atoms. The molecular weight excluding hydrogens is 254 g/mol. The summed E-state index contributed by atoms with van der Waals surface area (Å²) in [4.78, 5) is 0. The Hall–Kier alpha value is -1.88. The molecular formula is C15H21N3O2. The van der Waals surface area contributed by atoms with E-state index in [-0.39, 0.29) is 6.04 Å². The Morgan fingerprint density at radius 3 is 2.75 bits per heavy atom. The van der Waals surface area contributed by atoms with Crippen LogP contribution in [0.2, 0.25) is 0 Å². The van der Waals surface area contributed by atoms with Crippen LogP contribution in [0.15, 0.2) is 22.8 Å². The summed E-state index contributed by atoms with van der Waals surface area (Å²) < 4.78 is 10.6. The Kier molecular flexibility index (Phi) is 4.74. The van der Waals surface area contributed by atoms with Gasteiger partial charge in [-0.15, -0.1) is 0 Å². The zero-order valence-electron chi connectivity index (χ0n) is 12.4. The Morgan fingerprint density at radius 2 is 2.10 bits per heavy atom. The molecule has 0 aliphatic carbocycles. The minimum atomic E-state index is 0.243. The fourth-order valence-electron chi connectivity index (χ4n) is 2.07. The maximum absolute atomic E-state index is 5.91. The largest absolute Gasteiger partial charge is 0.487 e. The lowest BCUT2D eigenvalue weighted by molar-refractivity contribution is 0.267. The predicted octanol–water partition coefficient (Wildman–Crippen LogP) is 2.94.